The van der Waals surface area contributed by atoms with Crippen LogP contribution in [0.2, 0.25) is 0 Å². The van der Waals surface area contributed by atoms with Crippen LogP contribution in [0, 0.1) is 11.7 Å². The molecule has 8 nitrogen and oxygen atoms in total. The van der Waals surface area contributed by atoms with Gasteiger partial charge >= 0.3 is 18.1 Å². The largest absolute Gasteiger partial charge is 0.497 e. The minimum Gasteiger partial charge on any atom is -0.497 e. The Balaban J connectivity index is 1.84. The molecule has 0 unspecified atom stereocenters. The second-order valence-electron chi connectivity index (χ2n) is 10.4. The van der Waals surface area contributed by atoms with Gasteiger partial charge in [0.2, 0.25) is 0 Å². The average molecular weight is 625 g/mol. The van der Waals surface area contributed by atoms with Crippen molar-refractivity contribution in [3.05, 3.63) is 118 Å². The lowest BCUT2D eigenvalue weighted by atomic mass is 9.67. The molecule has 0 aromatic heterocycles. The first-order valence-electron chi connectivity index (χ1n) is 13.7. The molecule has 0 radical (unpaired) electrons. The fourth-order valence-electron chi connectivity index (χ4n) is 6.04. The molecule has 2 N–H and O–H groups in total. The Labute approximate surface area is 255 Å². The van der Waals surface area contributed by atoms with Gasteiger partial charge in [0.1, 0.15) is 23.3 Å². The molecule has 3 aromatic carbocycles. The number of methoxy groups -OCH3 is 3. The van der Waals surface area contributed by atoms with E-state index >= 15 is 4.39 Å². The van der Waals surface area contributed by atoms with Crippen LogP contribution in [0.5, 0.6) is 5.75 Å². The van der Waals surface area contributed by atoms with E-state index in [1.165, 1.54) is 36.3 Å². The molecular formula is C33H28F4N2O6. The maximum absolute atomic E-state index is 15.5. The van der Waals surface area contributed by atoms with Crippen molar-refractivity contribution in [1.29, 1.82) is 0 Å². The van der Waals surface area contributed by atoms with Gasteiger partial charge in [-0.15, -0.1) is 0 Å². The third-order valence-corrected chi connectivity index (χ3v) is 8.09. The number of nitrogens with zero attached hydrogens (tertiary/aromatic N) is 1. The number of Topliss-reactive ketones (excluding diaryl/α,β-unsaturated/α-hetero) is 1. The number of benzene rings is 3. The number of allylic oxidation sites excluding steroid dienone is 2. The maximum atomic E-state index is 15.5. The molecule has 3 atom stereocenters. The van der Waals surface area contributed by atoms with Gasteiger partial charge in [-0.2, -0.15) is 13.2 Å². The summed E-state index contributed by atoms with van der Waals surface area (Å²) in [6.07, 6.45) is -4.85. The smallest absolute Gasteiger partial charge is 0.416 e. The van der Waals surface area contributed by atoms with Crippen LogP contribution in [-0.2, 0) is 30.0 Å². The molecule has 2 aliphatic rings. The average Bonchev–Trinajstić information content (AvgIpc) is 3.03. The monoisotopic (exact) mass is 624 g/mol. The van der Waals surface area contributed by atoms with Crippen LogP contribution in [-0.4, -0.2) is 39.1 Å². The summed E-state index contributed by atoms with van der Waals surface area (Å²) in [7, 11) is 3.64. The van der Waals surface area contributed by atoms with E-state index in [1.54, 1.807) is 24.3 Å². The van der Waals surface area contributed by atoms with E-state index in [2.05, 4.69) is 0 Å². The number of esters is 2. The van der Waals surface area contributed by atoms with Gasteiger partial charge in [0.15, 0.2) is 5.78 Å². The predicted octanol–water partition coefficient (Wildman–Crippen LogP) is 5.60. The summed E-state index contributed by atoms with van der Waals surface area (Å²) in [5.41, 5.74) is 5.44. The van der Waals surface area contributed by atoms with Crippen molar-refractivity contribution >= 4 is 23.4 Å². The highest BCUT2D eigenvalue weighted by Crippen LogP contribution is 2.52. The van der Waals surface area contributed by atoms with Gasteiger partial charge in [-0.25, -0.2) is 9.18 Å². The van der Waals surface area contributed by atoms with Crippen LogP contribution in [0.25, 0.3) is 0 Å². The number of hydrogen-bond acceptors (Lipinski definition) is 8. The number of carbonyl (C=O) groups is 3. The van der Waals surface area contributed by atoms with E-state index in [1.807, 2.05) is 0 Å². The minimum absolute atomic E-state index is 0.0960. The zero-order valence-electron chi connectivity index (χ0n) is 24.4. The van der Waals surface area contributed by atoms with Gasteiger partial charge in [-0.1, -0.05) is 36.4 Å². The van der Waals surface area contributed by atoms with Gasteiger partial charge in [0.25, 0.3) is 0 Å². The lowest BCUT2D eigenvalue weighted by Crippen LogP contribution is -2.46. The van der Waals surface area contributed by atoms with Gasteiger partial charge in [0, 0.05) is 28.4 Å². The molecule has 0 spiro atoms. The van der Waals surface area contributed by atoms with E-state index in [0.717, 1.165) is 38.5 Å². The summed E-state index contributed by atoms with van der Waals surface area (Å²) in [6.45, 7) is 0. The Hall–Kier alpha value is -5.13. The van der Waals surface area contributed by atoms with Gasteiger partial charge in [0.05, 0.1) is 38.4 Å². The Bertz CT molecular complexity index is 1730. The number of ether oxygens (including phenoxy) is 3. The summed E-state index contributed by atoms with van der Waals surface area (Å²) in [6, 6.07) is 16.2. The van der Waals surface area contributed by atoms with Crippen LogP contribution in [0.3, 0.4) is 0 Å². The highest BCUT2D eigenvalue weighted by atomic mass is 19.4. The van der Waals surface area contributed by atoms with Crippen molar-refractivity contribution in [2.75, 3.05) is 26.2 Å². The second-order valence-corrected chi connectivity index (χ2v) is 10.4. The van der Waals surface area contributed by atoms with E-state index in [4.69, 9.17) is 19.9 Å². The highest BCUT2D eigenvalue weighted by Gasteiger charge is 2.52. The number of carbonyl (C=O) groups excluding carboxylic acids is 3. The van der Waals surface area contributed by atoms with Crippen LogP contribution in [0.15, 0.2) is 95.5 Å². The molecule has 234 valence electrons. The van der Waals surface area contributed by atoms with Crippen molar-refractivity contribution in [2.24, 2.45) is 11.7 Å². The Morgan fingerprint density at radius 2 is 1.62 bits per heavy atom. The summed E-state index contributed by atoms with van der Waals surface area (Å²) in [5, 5.41) is 0. The maximum Gasteiger partial charge on any atom is 0.416 e. The SMILES string of the molecule is COC(=O)C1=C(N)N(c2cccc(C(F)(F)F)c2)C2=C(C(=O)[C@H](C(=O)OC)[C@@H](c3ccc(OC)cc3)C2)[C@@H]1c1ccccc1F. The molecule has 0 saturated heterocycles. The molecule has 3 aromatic rings. The summed E-state index contributed by atoms with van der Waals surface area (Å²) >= 11 is 0. The van der Waals surface area contributed by atoms with Crippen molar-refractivity contribution in [3.63, 3.8) is 0 Å². The number of anilines is 1. The summed E-state index contributed by atoms with van der Waals surface area (Å²) < 4.78 is 72.2. The molecule has 12 heteroatoms. The summed E-state index contributed by atoms with van der Waals surface area (Å²) in [4.78, 5) is 42.4. The fraction of sp³-hybridized carbons (Fsp3) is 0.242. The minimum atomic E-state index is -4.73. The van der Waals surface area contributed by atoms with Crippen LogP contribution >= 0.6 is 0 Å². The topological polar surface area (TPSA) is 108 Å². The quantitative estimate of drug-likeness (QED) is 0.215. The molecular weight excluding hydrogens is 596 g/mol. The Kier molecular flexibility index (Phi) is 8.42. The van der Waals surface area contributed by atoms with Crippen molar-refractivity contribution in [3.8, 4) is 5.75 Å². The van der Waals surface area contributed by atoms with Crippen molar-refractivity contribution in [2.45, 2.75) is 24.4 Å². The number of hydrogen-bond donors (Lipinski definition) is 1. The highest BCUT2D eigenvalue weighted by molar-refractivity contribution is 6.14. The lowest BCUT2D eigenvalue weighted by Gasteiger charge is -2.44. The summed E-state index contributed by atoms with van der Waals surface area (Å²) in [5.74, 6) is -7.13. The number of alkyl halides is 3. The molecule has 45 heavy (non-hydrogen) atoms. The number of rotatable bonds is 6. The third kappa shape index (κ3) is 5.52. The predicted molar refractivity (Wildman–Crippen MR) is 154 cm³/mol. The molecule has 0 fully saturated rings. The Morgan fingerprint density at radius 3 is 2.22 bits per heavy atom. The van der Waals surface area contributed by atoms with Crippen LogP contribution in [0.1, 0.15) is 34.9 Å². The number of halogens is 4. The molecule has 1 aliphatic heterocycles. The first kappa shape index (κ1) is 31.3. The fourth-order valence-corrected chi connectivity index (χ4v) is 6.04. The molecule has 0 saturated carbocycles. The van der Waals surface area contributed by atoms with Crippen molar-refractivity contribution in [1.82, 2.24) is 0 Å². The number of ketones is 1. The molecule has 5 rings (SSSR count). The van der Waals surface area contributed by atoms with E-state index in [-0.39, 0.29) is 40.3 Å². The van der Waals surface area contributed by atoms with Gasteiger partial charge in [-0.05, 0) is 48.4 Å². The zero-order valence-corrected chi connectivity index (χ0v) is 24.4. The standard InChI is InChI=1S/C33H28F4N2O6/c1-43-20-13-11-17(12-14-20)22-16-24-27(29(40)26(22)31(41)44-2)25(21-9-4-5-10-23(21)34)28(32(42)45-3)30(38)39(24)19-8-6-7-18(15-19)33(35,36)37/h4-15,22,25-26H,16,38H2,1-3H3/t22-,25+,26-/m1/s1. The van der Waals surface area contributed by atoms with E-state index in [0.29, 0.717) is 11.3 Å². The lowest BCUT2D eigenvalue weighted by molar-refractivity contribution is -0.150. The number of nitrogens with two attached hydrogens (primary N) is 1. The van der Waals surface area contributed by atoms with Crippen molar-refractivity contribution < 1.29 is 46.2 Å². The van der Waals surface area contributed by atoms with E-state index in [9.17, 15) is 27.6 Å². The normalized spacial score (nSPS) is 20.1. The first-order chi connectivity index (χ1) is 21.4. The van der Waals surface area contributed by atoms with Gasteiger partial charge < -0.3 is 19.9 Å². The zero-order chi connectivity index (χ0) is 32.6. The first-order valence-corrected chi connectivity index (χ1v) is 13.7. The van der Waals surface area contributed by atoms with Gasteiger partial charge in [-0.3, -0.25) is 14.5 Å². The molecule has 1 heterocycles. The molecule has 0 bridgehead atoms. The van der Waals surface area contributed by atoms with E-state index < -0.39 is 53.0 Å². The Morgan fingerprint density at radius 1 is 0.933 bits per heavy atom. The molecule has 0 amide bonds. The second kappa shape index (κ2) is 12.1. The van der Waals surface area contributed by atoms with Crippen LogP contribution in [0.4, 0.5) is 23.2 Å². The molecule has 1 aliphatic carbocycles. The third-order valence-electron chi connectivity index (χ3n) is 8.09. The van der Waals surface area contributed by atoms with Crippen LogP contribution < -0.4 is 15.4 Å².